The van der Waals surface area contributed by atoms with Gasteiger partial charge in [-0.2, -0.15) is 0 Å². The first-order chi connectivity index (χ1) is 15.0. The summed E-state index contributed by atoms with van der Waals surface area (Å²) in [5, 5.41) is 14.2. The molecule has 0 aliphatic rings. The number of nitrogens with one attached hydrogen (secondary N) is 1. The van der Waals surface area contributed by atoms with E-state index in [9.17, 15) is 14.3 Å². The van der Waals surface area contributed by atoms with E-state index >= 15 is 0 Å². The molecule has 158 valence electrons. The van der Waals surface area contributed by atoms with Crippen molar-refractivity contribution < 1.29 is 14.3 Å². The second kappa shape index (κ2) is 9.29. The van der Waals surface area contributed by atoms with E-state index in [4.69, 9.17) is 11.6 Å². The van der Waals surface area contributed by atoms with Crippen molar-refractivity contribution in [3.63, 3.8) is 0 Å². The zero-order valence-corrected chi connectivity index (χ0v) is 17.4. The number of aromatic nitrogens is 2. The smallest absolute Gasteiger partial charge is 0.227 e. The molecule has 0 aliphatic carbocycles. The van der Waals surface area contributed by atoms with E-state index in [1.54, 1.807) is 36.4 Å². The van der Waals surface area contributed by atoms with Crippen molar-refractivity contribution in [2.24, 2.45) is 0 Å². The number of aliphatic hydroxyl groups excluding tert-OH is 1. The van der Waals surface area contributed by atoms with Crippen LogP contribution in [0.25, 0.3) is 11.0 Å². The van der Waals surface area contributed by atoms with E-state index in [0.29, 0.717) is 17.4 Å². The van der Waals surface area contributed by atoms with Crippen LogP contribution in [0.15, 0.2) is 72.8 Å². The van der Waals surface area contributed by atoms with Crippen molar-refractivity contribution in [1.29, 1.82) is 0 Å². The Hall–Kier alpha value is -3.22. The largest absolute Gasteiger partial charge is 0.387 e. The zero-order chi connectivity index (χ0) is 21.8. The van der Waals surface area contributed by atoms with Crippen LogP contribution < -0.4 is 5.32 Å². The molecule has 4 aromatic rings. The maximum absolute atomic E-state index is 13.0. The number of benzene rings is 3. The van der Waals surface area contributed by atoms with Gasteiger partial charge in [-0.15, -0.1) is 0 Å². The van der Waals surface area contributed by atoms with Crippen LogP contribution in [0.4, 0.5) is 4.39 Å². The summed E-state index contributed by atoms with van der Waals surface area (Å²) in [6.45, 7) is 0.551. The highest BCUT2D eigenvalue weighted by Gasteiger charge is 2.17. The lowest BCUT2D eigenvalue weighted by molar-refractivity contribution is -0.120. The van der Waals surface area contributed by atoms with E-state index in [-0.39, 0.29) is 24.7 Å². The normalized spacial score (nSPS) is 12.1. The van der Waals surface area contributed by atoms with Gasteiger partial charge < -0.3 is 15.0 Å². The summed E-state index contributed by atoms with van der Waals surface area (Å²) in [6, 6.07) is 20.6. The number of carbonyl (C=O) groups is 1. The van der Waals surface area contributed by atoms with Gasteiger partial charge in [-0.1, -0.05) is 48.0 Å². The average Bonchev–Trinajstić information content (AvgIpc) is 3.10. The number of aliphatic hydroxyl groups is 1. The highest BCUT2D eigenvalue weighted by molar-refractivity contribution is 6.30. The van der Waals surface area contributed by atoms with Crippen LogP contribution in [-0.2, 0) is 24.3 Å². The maximum Gasteiger partial charge on any atom is 0.227 e. The van der Waals surface area contributed by atoms with Gasteiger partial charge in [-0.3, -0.25) is 4.79 Å². The summed E-state index contributed by atoms with van der Waals surface area (Å²) < 4.78 is 14.9. The van der Waals surface area contributed by atoms with Crippen molar-refractivity contribution in [3.05, 3.63) is 101 Å². The molecule has 0 bridgehead atoms. The number of fused-ring (bicyclic) bond motifs is 1. The number of imidazole rings is 1. The molecule has 1 unspecified atom stereocenters. The van der Waals surface area contributed by atoms with Gasteiger partial charge in [0.15, 0.2) is 0 Å². The molecule has 0 radical (unpaired) electrons. The van der Waals surface area contributed by atoms with Crippen LogP contribution in [0.3, 0.4) is 0 Å². The summed E-state index contributed by atoms with van der Waals surface area (Å²) >= 11 is 5.94. The maximum atomic E-state index is 13.0. The summed E-state index contributed by atoms with van der Waals surface area (Å²) in [4.78, 5) is 17.2. The molecule has 3 aromatic carbocycles. The predicted octanol–water partition coefficient (Wildman–Crippen LogP) is 4.42. The molecule has 2 N–H and O–H groups in total. The van der Waals surface area contributed by atoms with Crippen LogP contribution in [0.5, 0.6) is 0 Å². The van der Waals surface area contributed by atoms with Crippen molar-refractivity contribution in [1.82, 2.24) is 14.9 Å². The highest BCUT2D eigenvalue weighted by atomic mass is 35.5. The molecule has 0 saturated heterocycles. The Morgan fingerprint density at radius 2 is 1.77 bits per heavy atom. The second-order valence-electron chi connectivity index (χ2n) is 7.27. The van der Waals surface area contributed by atoms with Crippen LogP contribution in [0, 0.1) is 5.82 Å². The minimum absolute atomic E-state index is 0.0587. The number of nitrogens with zero attached hydrogens (tertiary/aromatic N) is 2. The zero-order valence-electron chi connectivity index (χ0n) is 16.6. The topological polar surface area (TPSA) is 67.2 Å². The summed E-state index contributed by atoms with van der Waals surface area (Å²) in [5.74, 6) is 0.0377. The summed E-state index contributed by atoms with van der Waals surface area (Å²) in [5.41, 5.74) is 3.14. The number of rotatable bonds is 7. The number of halogens is 2. The first-order valence-corrected chi connectivity index (χ1v) is 10.3. The first kappa shape index (κ1) is 21.0. The van der Waals surface area contributed by atoms with E-state index in [1.165, 1.54) is 12.1 Å². The van der Waals surface area contributed by atoms with Crippen LogP contribution in [0.1, 0.15) is 23.1 Å². The van der Waals surface area contributed by atoms with E-state index < -0.39 is 6.10 Å². The van der Waals surface area contributed by atoms with Gasteiger partial charge in [0.1, 0.15) is 11.6 Å². The van der Waals surface area contributed by atoms with E-state index in [1.807, 2.05) is 28.8 Å². The van der Waals surface area contributed by atoms with E-state index in [0.717, 1.165) is 22.2 Å². The molecule has 0 spiro atoms. The summed E-state index contributed by atoms with van der Waals surface area (Å²) in [6.07, 6.45) is -0.723. The van der Waals surface area contributed by atoms with Gasteiger partial charge in [0.25, 0.3) is 0 Å². The Balaban J connectivity index is 1.52. The monoisotopic (exact) mass is 437 g/mol. The molecule has 0 saturated carbocycles. The van der Waals surface area contributed by atoms with Crippen LogP contribution in [0.2, 0.25) is 5.02 Å². The van der Waals surface area contributed by atoms with Crippen molar-refractivity contribution in [3.8, 4) is 0 Å². The Morgan fingerprint density at radius 1 is 1.06 bits per heavy atom. The Kier molecular flexibility index (Phi) is 6.30. The van der Waals surface area contributed by atoms with Crippen LogP contribution >= 0.6 is 11.6 Å². The molecule has 0 aliphatic heterocycles. The fourth-order valence-corrected chi connectivity index (χ4v) is 3.56. The third kappa shape index (κ3) is 5.10. The fourth-order valence-electron chi connectivity index (χ4n) is 3.44. The molecule has 1 atom stereocenters. The third-order valence-corrected chi connectivity index (χ3v) is 5.32. The van der Waals surface area contributed by atoms with Gasteiger partial charge in [-0.25, -0.2) is 9.37 Å². The molecular weight excluding hydrogens is 417 g/mol. The quantitative estimate of drug-likeness (QED) is 0.449. The number of hydrogen-bond donors (Lipinski definition) is 2. The Labute approximate surface area is 184 Å². The minimum Gasteiger partial charge on any atom is -0.387 e. The molecule has 4 rings (SSSR count). The average molecular weight is 438 g/mol. The van der Waals surface area contributed by atoms with Crippen molar-refractivity contribution in [2.75, 3.05) is 0 Å². The first-order valence-electron chi connectivity index (χ1n) is 9.88. The van der Waals surface area contributed by atoms with Gasteiger partial charge in [0, 0.05) is 11.6 Å². The van der Waals surface area contributed by atoms with E-state index in [2.05, 4.69) is 10.3 Å². The van der Waals surface area contributed by atoms with Gasteiger partial charge >= 0.3 is 0 Å². The molecule has 5 nitrogen and oxygen atoms in total. The highest BCUT2D eigenvalue weighted by Crippen LogP contribution is 2.23. The van der Waals surface area contributed by atoms with Gasteiger partial charge in [-0.05, 0) is 47.5 Å². The number of amides is 1. The minimum atomic E-state index is -0.782. The lowest BCUT2D eigenvalue weighted by atomic mass is 10.1. The molecule has 0 fully saturated rings. The van der Waals surface area contributed by atoms with Crippen molar-refractivity contribution >= 4 is 28.5 Å². The Bertz CT molecular complexity index is 1190. The second-order valence-corrected chi connectivity index (χ2v) is 7.71. The molecule has 1 amide bonds. The Morgan fingerprint density at radius 3 is 2.52 bits per heavy atom. The lowest BCUT2D eigenvalue weighted by Gasteiger charge is -2.15. The van der Waals surface area contributed by atoms with Crippen LogP contribution in [-0.4, -0.2) is 20.6 Å². The molecule has 31 heavy (non-hydrogen) atoms. The van der Waals surface area contributed by atoms with Gasteiger partial charge in [0.05, 0.1) is 30.1 Å². The fraction of sp³-hybridized carbons (Fsp3) is 0.167. The molecule has 1 aromatic heterocycles. The number of hydrogen-bond acceptors (Lipinski definition) is 3. The lowest BCUT2D eigenvalue weighted by Crippen LogP contribution is -2.26. The molecule has 7 heteroatoms. The SMILES string of the molecule is O=C(Cc1nc2ccccc2n1CC(O)c1ccc(Cl)cc1)NCc1ccc(F)cc1. The van der Waals surface area contributed by atoms with Gasteiger partial charge in [0.2, 0.25) is 5.91 Å². The standard InChI is InChI=1S/C24H21ClFN3O2/c25-18-9-7-17(8-10-18)22(30)15-29-21-4-2-1-3-20(21)28-23(29)13-24(31)27-14-16-5-11-19(26)12-6-16/h1-12,22,30H,13-15H2,(H,27,31). The van der Waals surface area contributed by atoms with Crippen molar-refractivity contribution in [2.45, 2.75) is 25.6 Å². The predicted molar refractivity (Wildman–Crippen MR) is 118 cm³/mol. The number of carbonyl (C=O) groups excluding carboxylic acids is 1. The third-order valence-electron chi connectivity index (χ3n) is 5.07. The molecular formula is C24H21ClFN3O2. The molecule has 1 heterocycles. The number of para-hydroxylation sites is 2. The summed E-state index contributed by atoms with van der Waals surface area (Å²) in [7, 11) is 0.